The molecule has 0 atom stereocenters. The van der Waals surface area contributed by atoms with Crippen molar-refractivity contribution in [2.75, 3.05) is 12.4 Å². The molecule has 84 valence electrons. The molecule has 0 saturated carbocycles. The zero-order valence-electron chi connectivity index (χ0n) is 8.71. The molecule has 2 rings (SSSR count). The minimum atomic E-state index is 0.776. The SMILES string of the molecule is CNc1nc(-c2ccc(Br)s2)nc(C)c1I. The van der Waals surface area contributed by atoms with E-state index < -0.39 is 0 Å². The smallest absolute Gasteiger partial charge is 0.171 e. The van der Waals surface area contributed by atoms with Crippen molar-refractivity contribution in [3.8, 4) is 10.7 Å². The fourth-order valence-electron chi connectivity index (χ4n) is 1.27. The Morgan fingerprint density at radius 1 is 1.38 bits per heavy atom. The Morgan fingerprint density at radius 3 is 2.69 bits per heavy atom. The van der Waals surface area contributed by atoms with Crippen LogP contribution in [0.25, 0.3) is 10.7 Å². The fourth-order valence-corrected chi connectivity index (χ4v) is 3.10. The number of nitrogens with zero attached hydrogens (tertiary/aromatic N) is 2. The van der Waals surface area contributed by atoms with Crippen molar-refractivity contribution in [3.63, 3.8) is 0 Å². The van der Waals surface area contributed by atoms with Gasteiger partial charge in [0.1, 0.15) is 5.82 Å². The van der Waals surface area contributed by atoms with E-state index in [-0.39, 0.29) is 0 Å². The summed E-state index contributed by atoms with van der Waals surface area (Å²) in [6.07, 6.45) is 0. The van der Waals surface area contributed by atoms with Crippen molar-refractivity contribution in [2.45, 2.75) is 6.92 Å². The average Bonchev–Trinajstić information content (AvgIpc) is 2.69. The topological polar surface area (TPSA) is 37.8 Å². The van der Waals surface area contributed by atoms with Crippen LogP contribution < -0.4 is 5.32 Å². The van der Waals surface area contributed by atoms with Crippen molar-refractivity contribution < 1.29 is 0 Å². The Hall–Kier alpha value is -0.210. The maximum atomic E-state index is 4.50. The molecule has 6 heteroatoms. The van der Waals surface area contributed by atoms with Gasteiger partial charge in [-0.3, -0.25) is 0 Å². The van der Waals surface area contributed by atoms with E-state index in [2.05, 4.69) is 53.8 Å². The Morgan fingerprint density at radius 2 is 2.12 bits per heavy atom. The number of hydrogen-bond donors (Lipinski definition) is 1. The number of hydrogen-bond acceptors (Lipinski definition) is 4. The lowest BCUT2D eigenvalue weighted by molar-refractivity contribution is 1.09. The zero-order valence-corrected chi connectivity index (χ0v) is 13.3. The minimum Gasteiger partial charge on any atom is -0.372 e. The fraction of sp³-hybridized carbons (Fsp3) is 0.200. The summed E-state index contributed by atoms with van der Waals surface area (Å²) in [6.45, 7) is 2.00. The largest absolute Gasteiger partial charge is 0.372 e. The molecule has 1 N–H and O–H groups in total. The number of nitrogens with one attached hydrogen (secondary N) is 1. The first-order chi connectivity index (χ1) is 7.61. The third-order valence-electron chi connectivity index (χ3n) is 2.05. The molecule has 0 unspecified atom stereocenters. The van der Waals surface area contributed by atoms with Crippen LogP contribution in [0.2, 0.25) is 0 Å². The minimum absolute atomic E-state index is 0.776. The van der Waals surface area contributed by atoms with Gasteiger partial charge < -0.3 is 5.32 Å². The second-order valence-electron chi connectivity index (χ2n) is 3.15. The lowest BCUT2D eigenvalue weighted by Gasteiger charge is -2.07. The lowest BCUT2D eigenvalue weighted by atomic mass is 10.4. The molecule has 2 aromatic rings. The maximum absolute atomic E-state index is 4.50. The van der Waals surface area contributed by atoms with Gasteiger partial charge in [0.05, 0.1) is 17.9 Å². The Bertz CT molecular complexity index is 527. The van der Waals surface area contributed by atoms with Crippen molar-refractivity contribution in [2.24, 2.45) is 0 Å². The molecule has 0 aliphatic heterocycles. The molecule has 0 radical (unpaired) electrons. The van der Waals surface area contributed by atoms with Gasteiger partial charge in [-0.1, -0.05) is 0 Å². The Kier molecular flexibility index (Phi) is 3.81. The summed E-state index contributed by atoms with van der Waals surface area (Å²) in [7, 11) is 1.87. The first kappa shape index (κ1) is 12.3. The number of halogens is 2. The predicted molar refractivity (Wildman–Crippen MR) is 80.0 cm³/mol. The van der Waals surface area contributed by atoms with E-state index in [1.54, 1.807) is 11.3 Å². The third kappa shape index (κ3) is 2.38. The van der Waals surface area contributed by atoms with Crippen molar-refractivity contribution in [3.05, 3.63) is 25.2 Å². The van der Waals surface area contributed by atoms with Gasteiger partial charge in [0.2, 0.25) is 0 Å². The highest BCUT2D eigenvalue weighted by Gasteiger charge is 2.10. The van der Waals surface area contributed by atoms with Crippen LogP contribution in [0.5, 0.6) is 0 Å². The van der Waals surface area contributed by atoms with Crippen LogP contribution in [0, 0.1) is 10.5 Å². The first-order valence-corrected chi connectivity index (χ1v) is 7.28. The number of aromatic nitrogens is 2. The molecule has 16 heavy (non-hydrogen) atoms. The molecular weight excluding hydrogens is 401 g/mol. The van der Waals surface area contributed by atoms with E-state index in [1.807, 2.05) is 26.1 Å². The van der Waals surface area contributed by atoms with Crippen molar-refractivity contribution >= 4 is 55.7 Å². The highest BCUT2D eigenvalue weighted by atomic mass is 127. The summed E-state index contributed by atoms with van der Waals surface area (Å²) in [4.78, 5) is 10.1. The molecule has 0 aliphatic rings. The number of thiophene rings is 1. The molecule has 3 nitrogen and oxygen atoms in total. The van der Waals surface area contributed by atoms with Crippen LogP contribution in [0.4, 0.5) is 5.82 Å². The number of rotatable bonds is 2. The highest BCUT2D eigenvalue weighted by molar-refractivity contribution is 14.1. The van der Waals surface area contributed by atoms with Gasteiger partial charge >= 0.3 is 0 Å². The van der Waals surface area contributed by atoms with Crippen LogP contribution in [-0.2, 0) is 0 Å². The molecule has 0 aliphatic carbocycles. The molecule has 0 bridgehead atoms. The molecule has 2 heterocycles. The maximum Gasteiger partial charge on any atom is 0.171 e. The van der Waals surface area contributed by atoms with Crippen LogP contribution in [0.15, 0.2) is 15.9 Å². The van der Waals surface area contributed by atoms with E-state index >= 15 is 0 Å². The summed E-state index contributed by atoms with van der Waals surface area (Å²) >= 11 is 7.33. The monoisotopic (exact) mass is 409 g/mol. The van der Waals surface area contributed by atoms with E-state index in [1.165, 1.54) is 0 Å². The van der Waals surface area contributed by atoms with E-state index in [0.717, 1.165) is 29.6 Å². The first-order valence-electron chi connectivity index (χ1n) is 4.59. The standard InChI is InChI=1S/C10H9BrIN3S/c1-5-8(12)10(13-2)15-9(14-5)6-3-4-7(11)16-6/h3-4H,1-2H3,(H,13,14,15). The van der Waals surface area contributed by atoms with Gasteiger partial charge in [0.25, 0.3) is 0 Å². The zero-order chi connectivity index (χ0) is 11.7. The van der Waals surface area contributed by atoms with Crippen LogP contribution in [0.3, 0.4) is 0 Å². The van der Waals surface area contributed by atoms with Gasteiger partial charge in [0.15, 0.2) is 5.82 Å². The lowest BCUT2D eigenvalue weighted by Crippen LogP contribution is -2.02. The van der Waals surface area contributed by atoms with Crippen LogP contribution >= 0.6 is 49.9 Å². The van der Waals surface area contributed by atoms with Gasteiger partial charge in [-0.25, -0.2) is 9.97 Å². The second kappa shape index (κ2) is 4.97. The van der Waals surface area contributed by atoms with Gasteiger partial charge in [-0.2, -0.15) is 0 Å². The number of aryl methyl sites for hydroxylation is 1. The second-order valence-corrected chi connectivity index (χ2v) is 6.69. The van der Waals surface area contributed by atoms with E-state index in [9.17, 15) is 0 Å². The normalized spacial score (nSPS) is 10.5. The van der Waals surface area contributed by atoms with E-state index in [0.29, 0.717) is 0 Å². The van der Waals surface area contributed by atoms with Gasteiger partial charge in [-0.05, 0) is 57.6 Å². The van der Waals surface area contributed by atoms with Crippen molar-refractivity contribution in [1.82, 2.24) is 9.97 Å². The predicted octanol–water partition coefficient (Wildman–Crippen LogP) is 3.92. The van der Waals surface area contributed by atoms with Gasteiger partial charge in [-0.15, -0.1) is 11.3 Å². The summed E-state index contributed by atoms with van der Waals surface area (Å²) in [6, 6.07) is 4.03. The number of anilines is 1. The molecule has 2 aromatic heterocycles. The molecule has 0 saturated heterocycles. The van der Waals surface area contributed by atoms with Gasteiger partial charge in [0, 0.05) is 7.05 Å². The van der Waals surface area contributed by atoms with Crippen LogP contribution in [-0.4, -0.2) is 17.0 Å². The summed E-state index contributed by atoms with van der Waals surface area (Å²) < 4.78 is 2.16. The van der Waals surface area contributed by atoms with E-state index in [4.69, 9.17) is 0 Å². The highest BCUT2D eigenvalue weighted by Crippen LogP contribution is 2.31. The molecule has 0 aromatic carbocycles. The molecule has 0 amide bonds. The summed E-state index contributed by atoms with van der Waals surface area (Å²) in [5.41, 5.74) is 1.000. The van der Waals surface area contributed by atoms with Crippen molar-refractivity contribution in [1.29, 1.82) is 0 Å². The van der Waals surface area contributed by atoms with Crippen LogP contribution in [0.1, 0.15) is 5.69 Å². The quantitative estimate of drug-likeness (QED) is 0.764. The Labute approximate surface area is 120 Å². The molecule has 0 fully saturated rings. The Balaban J connectivity index is 2.54. The molecular formula is C10H9BrIN3S. The average molecular weight is 410 g/mol. The third-order valence-corrected chi connectivity index (χ3v) is 4.96. The molecule has 0 spiro atoms. The summed E-state index contributed by atoms with van der Waals surface area (Å²) in [5, 5.41) is 3.09. The summed E-state index contributed by atoms with van der Waals surface area (Å²) in [5.74, 6) is 1.66.